The number of thioether (sulfide) groups is 1. The van der Waals surface area contributed by atoms with E-state index in [1.54, 1.807) is 17.8 Å². The molecular formula is C23H24Cl2N4OS. The largest absolute Gasteiger partial charge is 0.343 e. The van der Waals surface area contributed by atoms with Gasteiger partial charge in [-0.3, -0.25) is 9.36 Å². The molecule has 1 fully saturated rings. The molecule has 0 atom stereocenters. The van der Waals surface area contributed by atoms with Crippen molar-refractivity contribution in [3.05, 3.63) is 58.1 Å². The van der Waals surface area contributed by atoms with Crippen LogP contribution in [0.1, 0.15) is 31.2 Å². The monoisotopic (exact) mass is 474 g/mol. The Labute approximate surface area is 196 Å². The van der Waals surface area contributed by atoms with Crippen LogP contribution in [0.2, 0.25) is 10.0 Å². The zero-order chi connectivity index (χ0) is 21.8. The van der Waals surface area contributed by atoms with Crippen LogP contribution in [0.3, 0.4) is 0 Å². The second kappa shape index (κ2) is 10.1. The fourth-order valence-corrected chi connectivity index (χ4v) is 4.80. The topological polar surface area (TPSA) is 51.0 Å². The van der Waals surface area contributed by atoms with Crippen LogP contribution in [0.5, 0.6) is 0 Å². The molecule has 3 aromatic rings. The average Bonchev–Trinajstić information content (AvgIpc) is 3.44. The maximum Gasteiger partial charge on any atom is 0.222 e. The molecule has 1 aromatic heterocycles. The SMILES string of the molecule is Cc1ccc(-c2nnc(SCCCC(=O)N3CCCC3)n2-c2ccc(Cl)c(Cl)c2)cc1. The molecule has 1 aliphatic heterocycles. The van der Waals surface area contributed by atoms with Crippen molar-refractivity contribution in [1.82, 2.24) is 19.7 Å². The molecular weight excluding hydrogens is 451 g/mol. The van der Waals surface area contributed by atoms with Crippen LogP contribution in [0.25, 0.3) is 17.1 Å². The first-order valence-corrected chi connectivity index (χ1v) is 12.2. The van der Waals surface area contributed by atoms with Crippen molar-refractivity contribution < 1.29 is 4.79 Å². The van der Waals surface area contributed by atoms with E-state index in [1.807, 2.05) is 33.7 Å². The van der Waals surface area contributed by atoms with Gasteiger partial charge in [0, 0.05) is 30.8 Å². The van der Waals surface area contributed by atoms with Gasteiger partial charge in [0.05, 0.1) is 15.7 Å². The number of aryl methyl sites for hydroxylation is 1. The highest BCUT2D eigenvalue weighted by molar-refractivity contribution is 7.99. The van der Waals surface area contributed by atoms with Gasteiger partial charge in [-0.2, -0.15) is 0 Å². The Bertz CT molecular complexity index is 1060. The van der Waals surface area contributed by atoms with Crippen molar-refractivity contribution >= 4 is 40.9 Å². The smallest absolute Gasteiger partial charge is 0.222 e. The van der Waals surface area contributed by atoms with E-state index in [0.29, 0.717) is 16.5 Å². The van der Waals surface area contributed by atoms with Gasteiger partial charge in [-0.15, -0.1) is 10.2 Å². The summed E-state index contributed by atoms with van der Waals surface area (Å²) >= 11 is 14.0. The number of hydrogen-bond donors (Lipinski definition) is 0. The van der Waals surface area contributed by atoms with Gasteiger partial charge in [-0.1, -0.05) is 64.8 Å². The lowest BCUT2D eigenvalue weighted by molar-refractivity contribution is -0.130. The molecule has 2 heterocycles. The van der Waals surface area contributed by atoms with Crippen LogP contribution in [0.15, 0.2) is 47.6 Å². The lowest BCUT2D eigenvalue weighted by Gasteiger charge is -2.15. The minimum atomic E-state index is 0.254. The van der Waals surface area contributed by atoms with Crippen molar-refractivity contribution in [2.24, 2.45) is 0 Å². The number of halogens is 2. The van der Waals surface area contributed by atoms with E-state index < -0.39 is 0 Å². The molecule has 5 nitrogen and oxygen atoms in total. The highest BCUT2D eigenvalue weighted by Gasteiger charge is 2.19. The molecule has 1 amide bonds. The molecule has 0 saturated carbocycles. The third-order valence-electron chi connectivity index (χ3n) is 5.33. The van der Waals surface area contributed by atoms with Crippen LogP contribution in [0, 0.1) is 6.92 Å². The van der Waals surface area contributed by atoms with Crippen molar-refractivity contribution in [1.29, 1.82) is 0 Å². The van der Waals surface area contributed by atoms with Crippen molar-refractivity contribution in [2.45, 2.75) is 37.8 Å². The summed E-state index contributed by atoms with van der Waals surface area (Å²) in [5, 5.41) is 10.7. The normalized spacial score (nSPS) is 13.7. The number of carbonyl (C=O) groups is 1. The average molecular weight is 475 g/mol. The van der Waals surface area contributed by atoms with Gasteiger partial charge in [-0.05, 0) is 44.4 Å². The zero-order valence-corrected chi connectivity index (χ0v) is 19.7. The van der Waals surface area contributed by atoms with Gasteiger partial charge in [0.15, 0.2) is 11.0 Å². The Hall–Kier alpha value is -2.02. The fourth-order valence-electron chi connectivity index (χ4n) is 3.62. The maximum absolute atomic E-state index is 12.3. The predicted octanol–water partition coefficient (Wildman–Crippen LogP) is 6.04. The van der Waals surface area contributed by atoms with Crippen LogP contribution >= 0.6 is 35.0 Å². The molecule has 0 N–H and O–H groups in total. The first-order chi connectivity index (χ1) is 15.0. The summed E-state index contributed by atoms with van der Waals surface area (Å²) in [4.78, 5) is 14.3. The lowest BCUT2D eigenvalue weighted by atomic mass is 10.1. The van der Waals surface area contributed by atoms with Gasteiger partial charge >= 0.3 is 0 Å². The van der Waals surface area contributed by atoms with Gasteiger partial charge in [-0.25, -0.2) is 0 Å². The Balaban J connectivity index is 1.54. The Morgan fingerprint density at radius 3 is 2.48 bits per heavy atom. The first kappa shape index (κ1) is 22.2. The first-order valence-electron chi connectivity index (χ1n) is 10.4. The molecule has 0 spiro atoms. The lowest BCUT2D eigenvalue weighted by Crippen LogP contribution is -2.27. The van der Waals surface area contributed by atoms with E-state index in [1.165, 1.54) is 5.56 Å². The van der Waals surface area contributed by atoms with Crippen molar-refractivity contribution in [3.63, 3.8) is 0 Å². The van der Waals surface area contributed by atoms with E-state index >= 15 is 0 Å². The molecule has 0 unspecified atom stereocenters. The number of hydrogen-bond acceptors (Lipinski definition) is 4. The molecule has 0 aliphatic carbocycles. The molecule has 1 saturated heterocycles. The van der Waals surface area contributed by atoms with Crippen molar-refractivity contribution in [3.8, 4) is 17.1 Å². The number of amides is 1. The van der Waals surface area contributed by atoms with E-state index in [0.717, 1.165) is 60.3 Å². The summed E-state index contributed by atoms with van der Waals surface area (Å²) < 4.78 is 2.00. The van der Waals surface area contributed by atoms with Crippen LogP contribution in [-0.4, -0.2) is 44.4 Å². The third-order valence-corrected chi connectivity index (χ3v) is 7.08. The summed E-state index contributed by atoms with van der Waals surface area (Å²) in [6.45, 7) is 3.85. The van der Waals surface area contributed by atoms with E-state index in [9.17, 15) is 4.79 Å². The van der Waals surface area contributed by atoms with Gasteiger partial charge in [0.2, 0.25) is 5.91 Å². The molecule has 4 rings (SSSR count). The summed E-state index contributed by atoms with van der Waals surface area (Å²) in [6.07, 6.45) is 3.61. The second-order valence-corrected chi connectivity index (χ2v) is 9.52. The number of likely N-dealkylation sites (tertiary alicyclic amines) is 1. The predicted molar refractivity (Wildman–Crippen MR) is 127 cm³/mol. The second-order valence-electron chi connectivity index (χ2n) is 7.65. The zero-order valence-electron chi connectivity index (χ0n) is 17.4. The van der Waals surface area contributed by atoms with E-state index in [-0.39, 0.29) is 5.91 Å². The molecule has 31 heavy (non-hydrogen) atoms. The minimum absolute atomic E-state index is 0.254. The van der Waals surface area contributed by atoms with Crippen molar-refractivity contribution in [2.75, 3.05) is 18.8 Å². The van der Waals surface area contributed by atoms with Crippen LogP contribution in [-0.2, 0) is 4.79 Å². The minimum Gasteiger partial charge on any atom is -0.343 e. The molecule has 1 aliphatic rings. The highest BCUT2D eigenvalue weighted by Crippen LogP contribution is 2.32. The fraction of sp³-hybridized carbons (Fsp3) is 0.348. The quantitative estimate of drug-likeness (QED) is 0.309. The summed E-state index contributed by atoms with van der Waals surface area (Å²) in [5.41, 5.74) is 3.01. The Kier molecular flexibility index (Phi) is 7.20. The number of rotatable bonds is 7. The van der Waals surface area contributed by atoms with Gasteiger partial charge in [0.1, 0.15) is 0 Å². The Morgan fingerprint density at radius 1 is 1.03 bits per heavy atom. The number of aromatic nitrogens is 3. The number of carbonyl (C=O) groups excluding carboxylic acids is 1. The molecule has 0 radical (unpaired) electrons. The van der Waals surface area contributed by atoms with E-state index in [2.05, 4.69) is 29.3 Å². The highest BCUT2D eigenvalue weighted by atomic mass is 35.5. The molecule has 0 bridgehead atoms. The number of benzene rings is 2. The van der Waals surface area contributed by atoms with Crippen LogP contribution < -0.4 is 0 Å². The van der Waals surface area contributed by atoms with Crippen LogP contribution in [0.4, 0.5) is 0 Å². The van der Waals surface area contributed by atoms with Gasteiger partial charge in [0.25, 0.3) is 0 Å². The van der Waals surface area contributed by atoms with Gasteiger partial charge < -0.3 is 4.90 Å². The Morgan fingerprint density at radius 2 is 1.77 bits per heavy atom. The molecule has 162 valence electrons. The summed E-state index contributed by atoms with van der Waals surface area (Å²) in [6, 6.07) is 13.7. The number of nitrogens with zero attached hydrogens (tertiary/aromatic N) is 4. The third kappa shape index (κ3) is 5.25. The summed E-state index contributed by atoms with van der Waals surface area (Å²) in [7, 11) is 0. The standard InChI is InChI=1S/C23H24Cl2N4OS/c1-16-6-8-17(9-7-16)22-26-27-23(29(22)18-10-11-19(24)20(25)15-18)31-14-4-5-21(30)28-12-2-3-13-28/h6-11,15H,2-5,12-14H2,1H3. The maximum atomic E-state index is 12.3. The summed E-state index contributed by atoms with van der Waals surface area (Å²) in [5.74, 6) is 1.78. The molecule has 2 aromatic carbocycles. The van der Waals surface area contributed by atoms with E-state index in [4.69, 9.17) is 23.2 Å². The molecule has 8 heteroatoms.